The Morgan fingerprint density at radius 2 is 2.00 bits per heavy atom. The van der Waals surface area contributed by atoms with E-state index in [4.69, 9.17) is 11.0 Å². The zero-order chi connectivity index (χ0) is 13.0. The summed E-state index contributed by atoms with van der Waals surface area (Å²) < 4.78 is 13.4. The largest absolute Gasteiger partial charge is 0.399 e. The standard InChI is InChI=1S/C14H12FN3/c15-13-4-2-1-3-10(13)9-18-14-6-5-12(17)7-11(14)8-16/h1-7,18H,9,17H2. The highest BCUT2D eigenvalue weighted by Crippen LogP contribution is 2.19. The van der Waals surface area contributed by atoms with Crippen molar-refractivity contribution in [1.29, 1.82) is 5.26 Å². The summed E-state index contributed by atoms with van der Waals surface area (Å²) >= 11 is 0. The number of hydrogen-bond acceptors (Lipinski definition) is 3. The van der Waals surface area contributed by atoms with Crippen molar-refractivity contribution in [3.05, 3.63) is 59.4 Å². The number of nitrogen functional groups attached to an aromatic ring is 1. The number of nitriles is 1. The fourth-order valence-electron chi connectivity index (χ4n) is 1.64. The quantitative estimate of drug-likeness (QED) is 0.812. The third kappa shape index (κ3) is 2.58. The van der Waals surface area contributed by atoms with Gasteiger partial charge in [0.1, 0.15) is 11.9 Å². The van der Waals surface area contributed by atoms with Crippen molar-refractivity contribution in [2.24, 2.45) is 0 Å². The lowest BCUT2D eigenvalue weighted by atomic mass is 10.1. The Morgan fingerprint density at radius 3 is 2.72 bits per heavy atom. The van der Waals surface area contributed by atoms with Crippen molar-refractivity contribution in [3.8, 4) is 6.07 Å². The second-order valence-electron chi connectivity index (χ2n) is 3.86. The molecule has 3 nitrogen and oxygen atoms in total. The molecule has 0 aliphatic carbocycles. The fourth-order valence-corrected chi connectivity index (χ4v) is 1.64. The van der Waals surface area contributed by atoms with Crippen molar-refractivity contribution in [2.45, 2.75) is 6.54 Å². The van der Waals surface area contributed by atoms with Gasteiger partial charge in [0.2, 0.25) is 0 Å². The zero-order valence-electron chi connectivity index (χ0n) is 9.65. The summed E-state index contributed by atoms with van der Waals surface area (Å²) in [4.78, 5) is 0. The number of anilines is 2. The maximum atomic E-state index is 13.4. The average molecular weight is 241 g/mol. The van der Waals surface area contributed by atoms with Gasteiger partial charge in [-0.25, -0.2) is 4.39 Å². The second kappa shape index (κ2) is 5.19. The van der Waals surface area contributed by atoms with Crippen molar-refractivity contribution in [2.75, 3.05) is 11.1 Å². The van der Waals surface area contributed by atoms with E-state index in [0.717, 1.165) is 0 Å². The predicted octanol–water partition coefficient (Wildman–Crippen LogP) is 2.89. The van der Waals surface area contributed by atoms with E-state index in [9.17, 15) is 4.39 Å². The van der Waals surface area contributed by atoms with Gasteiger partial charge >= 0.3 is 0 Å². The molecule has 0 bridgehead atoms. The minimum Gasteiger partial charge on any atom is -0.399 e. The molecule has 0 aliphatic heterocycles. The first-order valence-electron chi connectivity index (χ1n) is 5.47. The SMILES string of the molecule is N#Cc1cc(N)ccc1NCc1ccccc1F. The van der Waals surface area contributed by atoms with Crippen LogP contribution in [-0.4, -0.2) is 0 Å². The van der Waals surface area contributed by atoms with Crippen LogP contribution in [0.2, 0.25) is 0 Å². The molecule has 0 atom stereocenters. The van der Waals surface area contributed by atoms with Crippen LogP contribution in [0.25, 0.3) is 0 Å². The number of nitrogens with one attached hydrogen (secondary N) is 1. The van der Waals surface area contributed by atoms with Crippen LogP contribution in [0.15, 0.2) is 42.5 Å². The molecule has 0 saturated heterocycles. The highest BCUT2D eigenvalue weighted by molar-refractivity contribution is 5.63. The maximum absolute atomic E-state index is 13.4. The molecule has 4 heteroatoms. The molecule has 90 valence electrons. The van der Waals surface area contributed by atoms with Gasteiger partial charge in [0.25, 0.3) is 0 Å². The molecule has 0 fully saturated rings. The number of nitrogens with zero attached hydrogens (tertiary/aromatic N) is 1. The summed E-state index contributed by atoms with van der Waals surface area (Å²) in [6.45, 7) is 0.325. The zero-order valence-corrected chi connectivity index (χ0v) is 9.65. The number of nitrogens with two attached hydrogens (primary N) is 1. The Balaban J connectivity index is 2.16. The topological polar surface area (TPSA) is 61.8 Å². The molecule has 0 amide bonds. The Kier molecular flexibility index (Phi) is 3.44. The Hall–Kier alpha value is -2.54. The van der Waals surface area contributed by atoms with Crippen LogP contribution in [-0.2, 0) is 6.54 Å². The van der Waals surface area contributed by atoms with Gasteiger partial charge in [-0.3, -0.25) is 0 Å². The monoisotopic (exact) mass is 241 g/mol. The van der Waals surface area contributed by atoms with Crippen molar-refractivity contribution in [3.63, 3.8) is 0 Å². The summed E-state index contributed by atoms with van der Waals surface area (Å²) in [6.07, 6.45) is 0. The van der Waals surface area contributed by atoms with E-state index >= 15 is 0 Å². The van der Waals surface area contributed by atoms with Crippen LogP contribution in [0.5, 0.6) is 0 Å². The Morgan fingerprint density at radius 1 is 1.22 bits per heavy atom. The average Bonchev–Trinajstić information content (AvgIpc) is 2.39. The highest BCUT2D eigenvalue weighted by atomic mass is 19.1. The molecule has 0 unspecified atom stereocenters. The second-order valence-corrected chi connectivity index (χ2v) is 3.86. The molecule has 0 aromatic heterocycles. The lowest BCUT2D eigenvalue weighted by molar-refractivity contribution is 0.613. The number of benzene rings is 2. The molecule has 2 aromatic carbocycles. The molecule has 0 radical (unpaired) electrons. The fraction of sp³-hybridized carbons (Fsp3) is 0.0714. The molecular formula is C14H12FN3. The minimum absolute atomic E-state index is 0.265. The van der Waals surface area contributed by atoms with Crippen molar-refractivity contribution in [1.82, 2.24) is 0 Å². The van der Waals surface area contributed by atoms with Crippen LogP contribution >= 0.6 is 0 Å². The van der Waals surface area contributed by atoms with E-state index < -0.39 is 0 Å². The van der Waals surface area contributed by atoms with Gasteiger partial charge in [-0.2, -0.15) is 5.26 Å². The summed E-state index contributed by atoms with van der Waals surface area (Å²) in [7, 11) is 0. The van der Waals surface area contributed by atoms with E-state index in [1.165, 1.54) is 6.07 Å². The van der Waals surface area contributed by atoms with Gasteiger partial charge in [0, 0.05) is 17.8 Å². The van der Waals surface area contributed by atoms with Crippen LogP contribution < -0.4 is 11.1 Å². The van der Waals surface area contributed by atoms with Gasteiger partial charge in [0.05, 0.1) is 11.3 Å². The maximum Gasteiger partial charge on any atom is 0.128 e. The van der Waals surface area contributed by atoms with E-state index in [0.29, 0.717) is 29.0 Å². The van der Waals surface area contributed by atoms with Gasteiger partial charge in [0.15, 0.2) is 0 Å². The summed E-state index contributed by atoms with van der Waals surface area (Å²) in [6, 6.07) is 13.6. The summed E-state index contributed by atoms with van der Waals surface area (Å²) in [5, 5.41) is 12.0. The first-order chi connectivity index (χ1) is 8.70. The minimum atomic E-state index is -0.265. The number of halogens is 1. The number of rotatable bonds is 3. The van der Waals surface area contributed by atoms with Crippen LogP contribution in [0.3, 0.4) is 0 Å². The summed E-state index contributed by atoms with van der Waals surface area (Å²) in [5.41, 5.74) is 7.78. The first-order valence-corrected chi connectivity index (χ1v) is 5.47. The Bertz CT molecular complexity index is 602. The van der Waals surface area contributed by atoms with Crippen LogP contribution in [0.4, 0.5) is 15.8 Å². The molecule has 2 aromatic rings. The lowest BCUT2D eigenvalue weighted by Crippen LogP contribution is -2.03. The van der Waals surface area contributed by atoms with Gasteiger partial charge in [-0.05, 0) is 24.3 Å². The molecule has 0 saturated carbocycles. The Labute approximate surface area is 105 Å². The molecule has 0 aliphatic rings. The molecule has 0 spiro atoms. The normalized spacial score (nSPS) is 9.78. The molecule has 2 rings (SSSR count). The van der Waals surface area contributed by atoms with E-state index in [-0.39, 0.29) is 5.82 Å². The lowest BCUT2D eigenvalue weighted by Gasteiger charge is -2.09. The number of hydrogen-bond donors (Lipinski definition) is 2. The predicted molar refractivity (Wildman–Crippen MR) is 69.3 cm³/mol. The molecule has 0 heterocycles. The van der Waals surface area contributed by atoms with Gasteiger partial charge < -0.3 is 11.1 Å². The smallest absolute Gasteiger partial charge is 0.128 e. The third-order valence-corrected chi connectivity index (χ3v) is 2.59. The highest BCUT2D eigenvalue weighted by Gasteiger charge is 2.04. The first kappa shape index (κ1) is 11.9. The molecule has 18 heavy (non-hydrogen) atoms. The van der Waals surface area contributed by atoms with Gasteiger partial charge in [-0.1, -0.05) is 18.2 Å². The van der Waals surface area contributed by atoms with Crippen LogP contribution in [0, 0.1) is 17.1 Å². The van der Waals surface area contributed by atoms with Crippen molar-refractivity contribution < 1.29 is 4.39 Å². The van der Waals surface area contributed by atoms with Crippen LogP contribution in [0.1, 0.15) is 11.1 Å². The third-order valence-electron chi connectivity index (χ3n) is 2.59. The van der Waals surface area contributed by atoms with E-state index in [2.05, 4.69) is 11.4 Å². The van der Waals surface area contributed by atoms with E-state index in [1.807, 2.05) is 0 Å². The van der Waals surface area contributed by atoms with Crippen molar-refractivity contribution >= 4 is 11.4 Å². The van der Waals surface area contributed by atoms with Gasteiger partial charge in [-0.15, -0.1) is 0 Å². The molecule has 3 N–H and O–H groups in total. The summed E-state index contributed by atoms with van der Waals surface area (Å²) in [5.74, 6) is -0.265. The molecular weight excluding hydrogens is 229 g/mol. The van der Waals surface area contributed by atoms with E-state index in [1.54, 1.807) is 36.4 Å².